The summed E-state index contributed by atoms with van der Waals surface area (Å²) in [6.07, 6.45) is 4.09. The van der Waals surface area contributed by atoms with Crippen LogP contribution in [0.25, 0.3) is 122 Å². The quantitative estimate of drug-likeness (QED) is 0.0979. The number of hydrogen-bond acceptors (Lipinski definition) is 2. The molecular weight excluding hydrogens is 1250 g/mol. The van der Waals surface area contributed by atoms with Gasteiger partial charge in [0.15, 0.2) is 0 Å². The van der Waals surface area contributed by atoms with E-state index < -0.39 is 8.07 Å². The summed E-state index contributed by atoms with van der Waals surface area (Å²) >= 11 is 0. The van der Waals surface area contributed by atoms with Crippen molar-refractivity contribution in [1.82, 2.24) is 18.7 Å². The first-order valence-corrected chi connectivity index (χ1v) is 30.9. The summed E-state index contributed by atoms with van der Waals surface area (Å²) in [6, 6.07) is 111. The maximum Gasteiger partial charge on any atom is 0.268 e. The number of fused-ring (bicyclic) bond motifs is 18. The molecule has 0 saturated carbocycles. The molecule has 16 aromatic rings. The number of hydrogen-bond donors (Lipinski definition) is 0. The number of ether oxygens (including phenoxy) is 1. The van der Waals surface area contributed by atoms with E-state index >= 15 is 0 Å². The van der Waals surface area contributed by atoms with Crippen LogP contribution in [0.3, 0.4) is 0 Å². The van der Waals surface area contributed by atoms with Crippen LogP contribution in [0.5, 0.6) is 11.5 Å². The zero-order valence-electron chi connectivity index (χ0n) is 46.1. The zero-order valence-corrected chi connectivity index (χ0v) is 49.4. The number of nitrogens with zero attached hydrogens (tertiary/aromatic N) is 5. The van der Waals surface area contributed by atoms with Crippen molar-refractivity contribution in [3.05, 3.63) is 304 Å². The van der Waals surface area contributed by atoms with Crippen LogP contribution in [-0.2, 0) is 21.1 Å². The molecule has 0 spiro atoms. The number of rotatable bonds is 5. The summed E-state index contributed by atoms with van der Waals surface area (Å²) in [7, 11) is -3.18. The van der Waals surface area contributed by atoms with Gasteiger partial charge in [-0.15, -0.1) is 29.5 Å². The Morgan fingerprint density at radius 3 is 1.76 bits per heavy atom. The van der Waals surface area contributed by atoms with E-state index in [0.29, 0.717) is 11.5 Å². The topological polar surface area (TPSA) is 40.8 Å². The van der Waals surface area contributed by atoms with Gasteiger partial charge < -0.3 is 18.4 Å². The van der Waals surface area contributed by atoms with E-state index in [-0.39, 0.29) is 21.1 Å². The van der Waals surface area contributed by atoms with Crippen LogP contribution in [0.15, 0.2) is 285 Å². The van der Waals surface area contributed by atoms with E-state index in [4.69, 9.17) is 9.72 Å². The van der Waals surface area contributed by atoms with Gasteiger partial charge in [-0.1, -0.05) is 258 Å². The van der Waals surface area contributed by atoms with Crippen LogP contribution < -0.4 is 30.1 Å². The molecule has 0 fully saturated rings. The van der Waals surface area contributed by atoms with E-state index in [1.165, 1.54) is 20.7 Å². The second-order valence-electron chi connectivity index (χ2n) is 22.2. The molecule has 2 aliphatic heterocycles. The first-order valence-electron chi connectivity index (χ1n) is 28.9. The third-order valence-electron chi connectivity index (χ3n) is 17.7. The van der Waals surface area contributed by atoms with Gasteiger partial charge >= 0.3 is 0 Å². The summed E-state index contributed by atoms with van der Waals surface area (Å²) < 4.78 is 16.9. The summed E-state index contributed by atoms with van der Waals surface area (Å²) in [5.74, 6) is 1.86. The fraction of sp³-hybridized carbons (Fsp3) is 0. The SMILES string of the molecule is [Pt].[c-]1c2ccc3c1-n1[c-][n+](c4cccc(c41)[Si]3(c1ccccc1)c1ccccc1)-c1c(-c3ccccc3)cccc1-c1ccccc1-c1cccc(n1)-n1c3[c-]c(c(-n4c5ccccc5c5ccccc54)cc3c3cc(-c4ccccc4)ccc31)O2. The Bertz CT molecular complexity index is 5310. The van der Waals surface area contributed by atoms with E-state index in [9.17, 15) is 0 Å². The average Bonchev–Trinajstić information content (AvgIpc) is 1.38. The van der Waals surface area contributed by atoms with Crippen LogP contribution in [0.1, 0.15) is 0 Å². The van der Waals surface area contributed by atoms with E-state index in [1.54, 1.807) is 0 Å². The van der Waals surface area contributed by atoms with Crippen molar-refractivity contribution in [2.24, 2.45) is 0 Å². The third kappa shape index (κ3) is 7.29. The zero-order chi connectivity index (χ0) is 55.7. The summed E-state index contributed by atoms with van der Waals surface area (Å²) in [4.78, 5) is 5.72. The molecule has 0 N–H and O–H groups in total. The van der Waals surface area contributed by atoms with Gasteiger partial charge in [-0.25, -0.2) is 4.98 Å². The molecule has 12 aromatic carbocycles. The van der Waals surface area contributed by atoms with Crippen LogP contribution in [-0.4, -0.2) is 26.8 Å². The van der Waals surface area contributed by atoms with Gasteiger partial charge in [-0.05, 0) is 85.7 Å². The summed E-state index contributed by atoms with van der Waals surface area (Å²) in [5.41, 5.74) is 17.2. The van der Waals surface area contributed by atoms with Crippen LogP contribution in [0.4, 0.5) is 0 Å². The maximum atomic E-state index is 7.63. The molecule has 0 saturated heterocycles. The summed E-state index contributed by atoms with van der Waals surface area (Å²) in [6.45, 7) is 0. The molecule has 6 heterocycles. The van der Waals surface area contributed by atoms with Crippen LogP contribution in [0.2, 0.25) is 0 Å². The molecule has 86 heavy (non-hydrogen) atoms. The number of para-hydroxylation sites is 4. The number of benzene rings is 12. The van der Waals surface area contributed by atoms with Crippen molar-refractivity contribution in [3.8, 4) is 79.0 Å². The predicted octanol–water partition coefficient (Wildman–Crippen LogP) is 15.4. The van der Waals surface area contributed by atoms with Crippen molar-refractivity contribution in [1.29, 1.82) is 0 Å². The largest absolute Gasteiger partial charge is 0.508 e. The molecule has 0 radical (unpaired) electrons. The molecule has 2 aliphatic rings. The third-order valence-corrected chi connectivity index (χ3v) is 22.5. The molecule has 0 unspecified atom stereocenters. The van der Waals surface area contributed by atoms with E-state index in [2.05, 4.69) is 322 Å². The molecule has 8 heteroatoms. The second kappa shape index (κ2) is 19.6. The van der Waals surface area contributed by atoms with Gasteiger partial charge in [0.05, 0.1) is 22.4 Å². The Kier molecular flexibility index (Phi) is 11.4. The minimum Gasteiger partial charge on any atom is -0.508 e. The first-order chi connectivity index (χ1) is 42.2. The van der Waals surface area contributed by atoms with Gasteiger partial charge in [0.1, 0.15) is 13.9 Å². The Labute approximate surface area is 511 Å². The predicted molar refractivity (Wildman–Crippen MR) is 347 cm³/mol. The van der Waals surface area contributed by atoms with E-state index in [1.807, 2.05) is 0 Å². The average molecular weight is 1290 g/mol. The van der Waals surface area contributed by atoms with Crippen molar-refractivity contribution < 1.29 is 30.4 Å². The van der Waals surface area contributed by atoms with Crippen molar-refractivity contribution in [2.45, 2.75) is 0 Å². The Morgan fingerprint density at radius 1 is 0.419 bits per heavy atom. The fourth-order valence-corrected chi connectivity index (χ4v) is 19.2. The Balaban J connectivity index is 0.00000578. The Hall–Kier alpha value is -10.4. The van der Waals surface area contributed by atoms with Gasteiger partial charge in [-0.2, -0.15) is 6.07 Å². The minimum absolute atomic E-state index is 0. The second-order valence-corrected chi connectivity index (χ2v) is 25.9. The normalized spacial score (nSPS) is 12.7. The molecule has 6 nitrogen and oxygen atoms in total. The number of aromatic nitrogens is 5. The molecule has 406 valence electrons. The molecule has 0 amide bonds. The molecule has 0 atom stereocenters. The van der Waals surface area contributed by atoms with E-state index in [0.717, 1.165) is 122 Å². The van der Waals surface area contributed by atoms with Gasteiger partial charge in [0.25, 0.3) is 6.33 Å². The minimum atomic E-state index is -3.18. The van der Waals surface area contributed by atoms with Crippen LogP contribution in [0, 0.1) is 18.5 Å². The smallest absolute Gasteiger partial charge is 0.268 e. The van der Waals surface area contributed by atoms with Crippen LogP contribution >= 0.6 is 0 Å². The van der Waals surface area contributed by atoms with Gasteiger partial charge in [0.2, 0.25) is 0 Å². The molecule has 18 rings (SSSR count). The van der Waals surface area contributed by atoms with Gasteiger partial charge in [0, 0.05) is 65.5 Å². The molecule has 8 bridgehead atoms. The standard InChI is InChI=1S/C78H47N5OSi.Pt/c1-5-22-51(23-6-1)53-42-44-68-63(46-53)64-48-71(82-66-37-17-15-32-60(66)61-33-16-18-38-67(61)82)73-49-70(64)83(68)76-41-20-36-65(79-76)59-31-14-13-30-58(59)62-35-19-34-57(52-24-7-2-8-25-52)77(62)80-50-81-72-47-54(84-73)43-45-74(72)85(55-26-9-3-10-27-55,56-28-11-4-12-29-56)75-40-21-39-69(80)78(75)81;/h1-46,48H;/q-2;. The summed E-state index contributed by atoms with van der Waals surface area (Å²) in [5, 5.41) is 9.41. The monoisotopic (exact) mass is 1290 g/mol. The fourth-order valence-electron chi connectivity index (χ4n) is 14.1. The van der Waals surface area contributed by atoms with Crippen molar-refractivity contribution >= 4 is 83.5 Å². The van der Waals surface area contributed by atoms with Crippen molar-refractivity contribution in [3.63, 3.8) is 0 Å². The number of imidazole rings is 1. The molecule has 4 aromatic heterocycles. The Morgan fingerprint density at radius 2 is 1.02 bits per heavy atom. The first kappa shape index (κ1) is 50.1. The van der Waals surface area contributed by atoms with Crippen molar-refractivity contribution in [2.75, 3.05) is 0 Å². The molecule has 0 aliphatic carbocycles. The number of pyridine rings is 1. The van der Waals surface area contributed by atoms with Gasteiger partial charge in [-0.3, -0.25) is 4.57 Å². The molecular formula is C78H47N5OPtSi-2. The maximum absolute atomic E-state index is 7.63.